The highest BCUT2D eigenvalue weighted by molar-refractivity contribution is 5.78. The molecule has 0 unspecified atom stereocenters. The van der Waals surface area contributed by atoms with E-state index in [-0.39, 0.29) is 11.9 Å². The number of carbonyl (C=O) groups excluding carboxylic acids is 1. The third-order valence-corrected chi connectivity index (χ3v) is 5.27. The lowest BCUT2D eigenvalue weighted by molar-refractivity contribution is -0.123. The molecule has 140 valence electrons. The Bertz CT molecular complexity index is 531. The third-order valence-electron chi connectivity index (χ3n) is 5.27. The number of piperazine rings is 1. The average molecular weight is 346 g/mol. The summed E-state index contributed by atoms with van der Waals surface area (Å²) in [7, 11) is 0. The Morgan fingerprint density at radius 1 is 0.960 bits per heavy atom. The Hall–Kier alpha value is -1.39. The predicted molar refractivity (Wildman–Crippen MR) is 105 cm³/mol. The van der Waals surface area contributed by atoms with Crippen LogP contribution in [0.25, 0.3) is 0 Å². The second kappa shape index (κ2) is 9.35. The first kappa shape index (κ1) is 19.9. The number of amides is 1. The summed E-state index contributed by atoms with van der Waals surface area (Å²) in [6, 6.07) is 9.24. The first-order valence-corrected chi connectivity index (χ1v) is 9.68. The number of nitrogens with zero attached hydrogens (tertiary/aromatic N) is 2. The van der Waals surface area contributed by atoms with Crippen LogP contribution in [0.1, 0.15) is 51.7 Å². The van der Waals surface area contributed by atoms with Gasteiger partial charge in [0.05, 0.1) is 6.54 Å². The first-order chi connectivity index (χ1) is 11.8. The quantitative estimate of drug-likeness (QED) is 0.825. The molecule has 0 radical (unpaired) electrons. The van der Waals surface area contributed by atoms with E-state index in [0.29, 0.717) is 18.4 Å². The number of hydrogen-bond acceptors (Lipinski definition) is 3. The van der Waals surface area contributed by atoms with Crippen LogP contribution in [0.15, 0.2) is 24.3 Å². The molecule has 1 aliphatic heterocycles. The molecule has 1 fully saturated rings. The summed E-state index contributed by atoms with van der Waals surface area (Å²) in [5.74, 6) is 1.21. The van der Waals surface area contributed by atoms with Crippen molar-refractivity contribution >= 4 is 5.91 Å². The van der Waals surface area contributed by atoms with Gasteiger partial charge in [-0.15, -0.1) is 0 Å². The van der Waals surface area contributed by atoms with Crippen LogP contribution in [0.2, 0.25) is 0 Å². The van der Waals surface area contributed by atoms with Crippen molar-refractivity contribution < 1.29 is 4.79 Å². The normalized spacial score (nSPS) is 17.9. The van der Waals surface area contributed by atoms with Crippen LogP contribution < -0.4 is 5.32 Å². The van der Waals surface area contributed by atoms with Crippen molar-refractivity contribution in [1.29, 1.82) is 0 Å². The van der Waals surface area contributed by atoms with Gasteiger partial charge in [-0.1, -0.05) is 52.0 Å². The van der Waals surface area contributed by atoms with E-state index in [9.17, 15) is 4.79 Å². The van der Waals surface area contributed by atoms with Gasteiger partial charge < -0.3 is 5.32 Å². The smallest absolute Gasteiger partial charge is 0.234 e. The minimum atomic E-state index is 0.152. The molecule has 0 aliphatic carbocycles. The summed E-state index contributed by atoms with van der Waals surface area (Å²) in [5, 5.41) is 3.10. The highest BCUT2D eigenvalue weighted by Gasteiger charge is 2.20. The summed E-state index contributed by atoms with van der Waals surface area (Å²) < 4.78 is 0. The number of benzene rings is 1. The maximum absolute atomic E-state index is 12.1. The fourth-order valence-corrected chi connectivity index (χ4v) is 3.04. The molecule has 0 saturated carbocycles. The van der Waals surface area contributed by atoms with Crippen molar-refractivity contribution in [2.24, 2.45) is 5.92 Å². The number of rotatable bonds is 7. The van der Waals surface area contributed by atoms with Gasteiger partial charge in [0.1, 0.15) is 0 Å². The minimum absolute atomic E-state index is 0.152. The van der Waals surface area contributed by atoms with E-state index in [0.717, 1.165) is 32.7 Å². The highest BCUT2D eigenvalue weighted by Crippen LogP contribution is 2.16. The van der Waals surface area contributed by atoms with Gasteiger partial charge in [0.25, 0.3) is 0 Å². The van der Waals surface area contributed by atoms with Crippen LogP contribution in [0, 0.1) is 5.92 Å². The fourth-order valence-electron chi connectivity index (χ4n) is 3.04. The van der Waals surface area contributed by atoms with E-state index >= 15 is 0 Å². The molecule has 25 heavy (non-hydrogen) atoms. The Morgan fingerprint density at radius 2 is 1.52 bits per heavy atom. The number of hydrogen-bond donors (Lipinski definition) is 1. The van der Waals surface area contributed by atoms with Gasteiger partial charge in [0, 0.05) is 38.8 Å². The van der Waals surface area contributed by atoms with E-state index < -0.39 is 0 Å². The molecule has 1 aromatic carbocycles. The molecule has 0 spiro atoms. The van der Waals surface area contributed by atoms with Crippen LogP contribution >= 0.6 is 0 Å². The molecular formula is C21H35N3O. The van der Waals surface area contributed by atoms with Crippen molar-refractivity contribution in [2.45, 2.75) is 53.1 Å². The molecular weight excluding hydrogens is 310 g/mol. The Kier molecular flexibility index (Phi) is 7.45. The molecule has 1 N–H and O–H groups in total. The molecule has 1 saturated heterocycles. The van der Waals surface area contributed by atoms with Gasteiger partial charge in [0.2, 0.25) is 5.91 Å². The van der Waals surface area contributed by atoms with Gasteiger partial charge in [0.15, 0.2) is 0 Å². The van der Waals surface area contributed by atoms with Gasteiger partial charge in [-0.05, 0) is 29.9 Å². The number of nitrogens with one attached hydrogen (secondary N) is 1. The molecule has 0 bridgehead atoms. The lowest BCUT2D eigenvalue weighted by Crippen LogP contribution is -2.50. The number of carbonyl (C=O) groups is 1. The highest BCUT2D eigenvalue weighted by atomic mass is 16.2. The molecule has 4 heteroatoms. The topological polar surface area (TPSA) is 35.6 Å². The van der Waals surface area contributed by atoms with Gasteiger partial charge in [-0.2, -0.15) is 0 Å². The lowest BCUT2D eigenvalue weighted by Gasteiger charge is -2.34. The SMILES string of the molecule is CC(C)c1ccc(CN2CCN(CC(=O)N[C@@H](C)C(C)C)CC2)cc1. The Balaban J connectivity index is 1.73. The van der Waals surface area contributed by atoms with E-state index in [4.69, 9.17) is 0 Å². The standard InChI is InChI=1S/C21H35N3O/c1-16(2)18(5)22-21(25)15-24-12-10-23(11-13-24)14-19-6-8-20(9-7-19)17(3)4/h6-9,16-18H,10-15H2,1-5H3,(H,22,25)/t18-/m0/s1. The lowest BCUT2D eigenvalue weighted by atomic mass is 10.0. The van der Waals surface area contributed by atoms with Crippen LogP contribution in [-0.4, -0.2) is 54.5 Å². The zero-order valence-electron chi connectivity index (χ0n) is 16.6. The van der Waals surface area contributed by atoms with Crippen molar-refractivity contribution in [3.05, 3.63) is 35.4 Å². The molecule has 4 nitrogen and oxygen atoms in total. The third kappa shape index (κ3) is 6.44. The van der Waals surface area contributed by atoms with E-state index in [1.54, 1.807) is 0 Å². The second-order valence-corrected chi connectivity index (χ2v) is 8.05. The molecule has 1 aliphatic rings. The predicted octanol–water partition coefficient (Wildman–Crippen LogP) is 3.09. The maximum atomic E-state index is 12.1. The molecule has 2 rings (SSSR count). The molecule has 1 aromatic rings. The Morgan fingerprint density at radius 3 is 2.04 bits per heavy atom. The monoisotopic (exact) mass is 345 g/mol. The van der Waals surface area contributed by atoms with Crippen molar-refractivity contribution in [2.75, 3.05) is 32.7 Å². The fraction of sp³-hybridized carbons (Fsp3) is 0.667. The van der Waals surface area contributed by atoms with Gasteiger partial charge in [-0.3, -0.25) is 14.6 Å². The maximum Gasteiger partial charge on any atom is 0.234 e. The minimum Gasteiger partial charge on any atom is -0.352 e. The first-order valence-electron chi connectivity index (χ1n) is 9.68. The summed E-state index contributed by atoms with van der Waals surface area (Å²) in [6.45, 7) is 16.3. The summed E-state index contributed by atoms with van der Waals surface area (Å²) in [5.41, 5.74) is 2.77. The summed E-state index contributed by atoms with van der Waals surface area (Å²) in [4.78, 5) is 16.9. The van der Waals surface area contributed by atoms with Crippen LogP contribution in [0.4, 0.5) is 0 Å². The van der Waals surface area contributed by atoms with E-state index in [1.807, 2.05) is 0 Å². The van der Waals surface area contributed by atoms with Crippen molar-refractivity contribution in [1.82, 2.24) is 15.1 Å². The molecule has 1 heterocycles. The van der Waals surface area contributed by atoms with Gasteiger partial charge in [-0.25, -0.2) is 0 Å². The van der Waals surface area contributed by atoms with E-state index in [2.05, 4.69) is 74.0 Å². The van der Waals surface area contributed by atoms with Crippen molar-refractivity contribution in [3.8, 4) is 0 Å². The zero-order valence-corrected chi connectivity index (χ0v) is 16.6. The molecule has 0 aromatic heterocycles. The Labute approximate surface area is 153 Å². The molecule has 1 atom stereocenters. The average Bonchev–Trinajstić information content (AvgIpc) is 2.57. The molecule has 1 amide bonds. The van der Waals surface area contributed by atoms with Crippen LogP contribution in [0.5, 0.6) is 0 Å². The zero-order chi connectivity index (χ0) is 18.4. The van der Waals surface area contributed by atoms with Gasteiger partial charge >= 0.3 is 0 Å². The van der Waals surface area contributed by atoms with Crippen LogP contribution in [-0.2, 0) is 11.3 Å². The summed E-state index contributed by atoms with van der Waals surface area (Å²) in [6.07, 6.45) is 0. The summed E-state index contributed by atoms with van der Waals surface area (Å²) >= 11 is 0. The van der Waals surface area contributed by atoms with E-state index in [1.165, 1.54) is 11.1 Å². The van der Waals surface area contributed by atoms with Crippen LogP contribution in [0.3, 0.4) is 0 Å². The largest absolute Gasteiger partial charge is 0.352 e. The van der Waals surface area contributed by atoms with Crippen molar-refractivity contribution in [3.63, 3.8) is 0 Å². The second-order valence-electron chi connectivity index (χ2n) is 8.05.